The van der Waals surface area contributed by atoms with Gasteiger partial charge in [-0.25, -0.2) is 0 Å². The van der Waals surface area contributed by atoms with Gasteiger partial charge >= 0.3 is 0 Å². The predicted molar refractivity (Wildman–Crippen MR) is 215 cm³/mol. The molecule has 0 saturated carbocycles. The first-order valence-corrected chi connectivity index (χ1v) is 17.7. The van der Waals surface area contributed by atoms with E-state index in [1.165, 1.54) is 32.7 Å². The van der Waals surface area contributed by atoms with Gasteiger partial charge in [0.1, 0.15) is 22.3 Å². The molecule has 242 valence electrons. The van der Waals surface area contributed by atoms with Gasteiger partial charge in [-0.2, -0.15) is 0 Å². The average Bonchev–Trinajstić information content (AvgIpc) is 3.93. The summed E-state index contributed by atoms with van der Waals surface area (Å²) in [4.78, 5) is 0. The van der Waals surface area contributed by atoms with Crippen LogP contribution in [0.25, 0.3) is 110 Å². The van der Waals surface area contributed by atoms with Gasteiger partial charge < -0.3 is 18.0 Å². The molecule has 0 unspecified atom stereocenters. The number of hydrogen-bond acceptors (Lipinski definition) is 2. The highest BCUT2D eigenvalue weighted by atomic mass is 16.3. The molecule has 12 aromatic rings. The highest BCUT2D eigenvalue weighted by molar-refractivity contribution is 6.19. The largest absolute Gasteiger partial charge is 0.456 e. The van der Waals surface area contributed by atoms with Gasteiger partial charge in [0.25, 0.3) is 0 Å². The Morgan fingerprint density at radius 1 is 0.269 bits per heavy atom. The minimum absolute atomic E-state index is 0.896. The molecule has 0 spiro atoms. The van der Waals surface area contributed by atoms with Gasteiger partial charge in [-0.1, -0.05) is 84.9 Å². The van der Waals surface area contributed by atoms with Crippen LogP contribution in [0.2, 0.25) is 0 Å². The van der Waals surface area contributed by atoms with E-state index in [9.17, 15) is 0 Å². The fraction of sp³-hybridized carbons (Fsp3) is 0. The van der Waals surface area contributed by atoms with E-state index < -0.39 is 0 Å². The molecule has 52 heavy (non-hydrogen) atoms. The van der Waals surface area contributed by atoms with Gasteiger partial charge in [0.05, 0.1) is 22.1 Å². The van der Waals surface area contributed by atoms with Crippen LogP contribution < -0.4 is 0 Å². The molecule has 4 heteroatoms. The topological polar surface area (TPSA) is 36.1 Å². The van der Waals surface area contributed by atoms with Crippen molar-refractivity contribution >= 4 is 87.5 Å². The number of aromatic nitrogens is 2. The average molecular weight is 665 g/mol. The maximum Gasteiger partial charge on any atom is 0.137 e. The molecule has 0 aliphatic carbocycles. The van der Waals surface area contributed by atoms with E-state index in [1.807, 2.05) is 24.3 Å². The lowest BCUT2D eigenvalue weighted by Gasteiger charge is -2.09. The van der Waals surface area contributed by atoms with E-state index in [2.05, 4.69) is 155 Å². The first-order valence-electron chi connectivity index (χ1n) is 17.7. The van der Waals surface area contributed by atoms with Crippen LogP contribution in [0.1, 0.15) is 0 Å². The molecule has 4 heterocycles. The third kappa shape index (κ3) is 3.81. The predicted octanol–water partition coefficient (Wildman–Crippen LogP) is 13.3. The van der Waals surface area contributed by atoms with Gasteiger partial charge in [0, 0.05) is 60.5 Å². The van der Waals surface area contributed by atoms with Crippen molar-refractivity contribution in [2.75, 3.05) is 0 Å². The van der Waals surface area contributed by atoms with E-state index >= 15 is 0 Å². The second-order valence-corrected chi connectivity index (χ2v) is 13.7. The zero-order valence-corrected chi connectivity index (χ0v) is 27.9. The Morgan fingerprint density at radius 3 is 1.29 bits per heavy atom. The van der Waals surface area contributed by atoms with Gasteiger partial charge in [-0.3, -0.25) is 0 Å². The summed E-state index contributed by atoms with van der Waals surface area (Å²) in [5.41, 5.74) is 12.8. The fourth-order valence-electron chi connectivity index (χ4n) is 8.54. The van der Waals surface area contributed by atoms with Crippen LogP contribution in [-0.2, 0) is 0 Å². The molecule has 0 aliphatic rings. The van der Waals surface area contributed by atoms with Crippen molar-refractivity contribution in [2.24, 2.45) is 0 Å². The van der Waals surface area contributed by atoms with Crippen molar-refractivity contribution < 1.29 is 8.83 Å². The van der Waals surface area contributed by atoms with E-state index in [0.29, 0.717) is 0 Å². The van der Waals surface area contributed by atoms with Gasteiger partial charge in [-0.15, -0.1) is 0 Å². The molecule has 0 fully saturated rings. The smallest absolute Gasteiger partial charge is 0.137 e. The molecule has 0 atom stereocenters. The molecule has 4 nitrogen and oxygen atoms in total. The molecule has 8 aromatic carbocycles. The number of hydrogen-bond donors (Lipinski definition) is 0. The third-order valence-electron chi connectivity index (χ3n) is 10.9. The van der Waals surface area contributed by atoms with Crippen LogP contribution in [0, 0.1) is 0 Å². The summed E-state index contributed by atoms with van der Waals surface area (Å²) in [5, 5.41) is 9.30. The Morgan fingerprint density at radius 2 is 0.712 bits per heavy atom. The highest BCUT2D eigenvalue weighted by Crippen LogP contribution is 2.42. The van der Waals surface area contributed by atoms with E-state index in [1.54, 1.807) is 0 Å². The van der Waals surface area contributed by atoms with Gasteiger partial charge in [0.2, 0.25) is 0 Å². The molecular weight excluding hydrogens is 637 g/mol. The first kappa shape index (κ1) is 27.7. The summed E-state index contributed by atoms with van der Waals surface area (Å²) < 4.78 is 17.5. The van der Waals surface area contributed by atoms with Crippen molar-refractivity contribution in [3.63, 3.8) is 0 Å². The minimum atomic E-state index is 0.896. The molecular formula is C48H28N2O2. The van der Waals surface area contributed by atoms with Crippen molar-refractivity contribution in [1.29, 1.82) is 0 Å². The Bertz CT molecular complexity index is 3400. The van der Waals surface area contributed by atoms with Gasteiger partial charge in [-0.05, 0) is 90.0 Å². The number of furan rings is 2. The molecule has 0 amide bonds. The number of nitrogens with zero attached hydrogens (tertiary/aromatic N) is 2. The highest BCUT2D eigenvalue weighted by Gasteiger charge is 2.20. The second-order valence-electron chi connectivity index (χ2n) is 13.7. The second kappa shape index (κ2) is 10.3. The molecule has 0 radical (unpaired) electrons. The lowest BCUT2D eigenvalue weighted by atomic mass is 10.00. The molecule has 12 rings (SSSR count). The summed E-state index contributed by atoms with van der Waals surface area (Å²) >= 11 is 0. The van der Waals surface area contributed by atoms with Crippen LogP contribution in [0.5, 0.6) is 0 Å². The lowest BCUT2D eigenvalue weighted by molar-refractivity contribution is 0.669. The van der Waals surface area contributed by atoms with E-state index in [-0.39, 0.29) is 0 Å². The Hall–Kier alpha value is -7.04. The summed E-state index contributed by atoms with van der Waals surface area (Å²) in [5.74, 6) is 0. The molecule has 0 aliphatic heterocycles. The van der Waals surface area contributed by atoms with E-state index in [0.717, 1.165) is 77.3 Å². The molecule has 0 N–H and O–H groups in total. The number of rotatable bonds is 3. The van der Waals surface area contributed by atoms with Crippen LogP contribution >= 0.6 is 0 Å². The lowest BCUT2D eigenvalue weighted by Crippen LogP contribution is -1.93. The van der Waals surface area contributed by atoms with Crippen molar-refractivity contribution in [3.8, 4) is 22.5 Å². The maximum absolute atomic E-state index is 6.40. The number of benzene rings is 8. The van der Waals surface area contributed by atoms with Crippen molar-refractivity contribution in [3.05, 3.63) is 170 Å². The third-order valence-corrected chi connectivity index (χ3v) is 10.9. The van der Waals surface area contributed by atoms with Gasteiger partial charge in [0.15, 0.2) is 0 Å². The van der Waals surface area contributed by atoms with Crippen LogP contribution in [0.3, 0.4) is 0 Å². The minimum Gasteiger partial charge on any atom is -0.456 e. The standard InChI is InChI=1S/C48H28N2O2/c1-3-11-31(12-4-1)49-42-22-20-30(24-36(42)38-27-47-40(26-43(38)49)34-16-8-10-18-46(34)51-47)29-19-21-41-35(23-29)37-25-39-33-15-7-9-17-45(33)52-48(39)28-44(37)50(41)32-13-5-2-6-14-32/h1-28H. The Labute approximate surface area is 296 Å². The van der Waals surface area contributed by atoms with E-state index in [4.69, 9.17) is 8.83 Å². The number of fused-ring (bicyclic) bond motifs is 12. The van der Waals surface area contributed by atoms with Crippen LogP contribution in [0.4, 0.5) is 0 Å². The zero-order chi connectivity index (χ0) is 33.9. The molecule has 4 aromatic heterocycles. The van der Waals surface area contributed by atoms with Crippen molar-refractivity contribution in [1.82, 2.24) is 9.13 Å². The van der Waals surface area contributed by atoms with Crippen LogP contribution in [-0.4, -0.2) is 9.13 Å². The fourth-order valence-corrected chi connectivity index (χ4v) is 8.54. The molecule has 0 bridgehead atoms. The SMILES string of the molecule is c1ccc(-n2c3ccc(-c4ccc5c(c4)c4cc6oc7ccccc7c6cc4n5-c4ccccc4)cc3c3cc4c(cc32)oc2ccccc24)cc1. The zero-order valence-electron chi connectivity index (χ0n) is 27.9. The Balaban J connectivity index is 1.13. The Kier molecular flexibility index (Phi) is 5.47. The quantitative estimate of drug-likeness (QED) is 0.188. The first-order chi connectivity index (χ1) is 25.8. The normalized spacial score (nSPS) is 12.2. The molecule has 0 saturated heterocycles. The monoisotopic (exact) mass is 664 g/mol. The van der Waals surface area contributed by atoms with Crippen LogP contribution in [0.15, 0.2) is 179 Å². The summed E-state index contributed by atoms with van der Waals surface area (Å²) in [7, 11) is 0. The summed E-state index contributed by atoms with van der Waals surface area (Å²) in [6.45, 7) is 0. The van der Waals surface area contributed by atoms with Crippen molar-refractivity contribution in [2.45, 2.75) is 0 Å². The maximum atomic E-state index is 6.40. The number of para-hydroxylation sites is 4. The summed E-state index contributed by atoms with van der Waals surface area (Å²) in [6.07, 6.45) is 0. The summed E-state index contributed by atoms with van der Waals surface area (Å²) in [6, 6.07) is 60.7.